The predicted molar refractivity (Wildman–Crippen MR) is 112 cm³/mol. The van der Waals surface area contributed by atoms with Gasteiger partial charge in [-0.05, 0) is 47.9 Å². The monoisotopic (exact) mass is 380 g/mol. The van der Waals surface area contributed by atoms with Crippen molar-refractivity contribution >= 4 is 0 Å². The molecule has 0 amide bonds. The van der Waals surface area contributed by atoms with Gasteiger partial charge in [0.05, 0.1) is 29.9 Å². The molecule has 29 heavy (non-hydrogen) atoms. The molecule has 4 aromatic rings. The van der Waals surface area contributed by atoms with Gasteiger partial charge in [0, 0.05) is 24.5 Å². The molecule has 0 radical (unpaired) electrons. The summed E-state index contributed by atoms with van der Waals surface area (Å²) in [5, 5.41) is 9.37. The Labute approximate surface area is 169 Å². The molecular formula is C23H20N6. The number of benzene rings is 2. The average molecular weight is 380 g/mol. The molecule has 0 bridgehead atoms. The lowest BCUT2D eigenvalue weighted by molar-refractivity contribution is 0.804. The van der Waals surface area contributed by atoms with Crippen molar-refractivity contribution in [2.24, 2.45) is 5.73 Å². The Morgan fingerprint density at radius 3 is 2.52 bits per heavy atom. The quantitative estimate of drug-likeness (QED) is 0.553. The van der Waals surface area contributed by atoms with E-state index in [0.717, 1.165) is 34.4 Å². The van der Waals surface area contributed by atoms with Crippen LogP contribution in [0.25, 0.3) is 22.6 Å². The van der Waals surface area contributed by atoms with E-state index in [-0.39, 0.29) is 0 Å². The number of nitriles is 1. The molecule has 0 aliphatic rings. The molecule has 0 saturated carbocycles. The molecule has 2 aromatic carbocycles. The van der Waals surface area contributed by atoms with E-state index in [4.69, 9.17) is 5.73 Å². The third-order valence-corrected chi connectivity index (χ3v) is 4.74. The van der Waals surface area contributed by atoms with E-state index >= 15 is 0 Å². The van der Waals surface area contributed by atoms with E-state index < -0.39 is 0 Å². The Balaban J connectivity index is 1.73. The topological polar surface area (TPSA) is 93.4 Å². The highest BCUT2D eigenvalue weighted by Gasteiger charge is 2.12. The van der Waals surface area contributed by atoms with Gasteiger partial charge in [0.15, 0.2) is 5.82 Å². The van der Waals surface area contributed by atoms with Crippen molar-refractivity contribution in [3.05, 3.63) is 90.1 Å². The van der Waals surface area contributed by atoms with Crippen molar-refractivity contribution < 1.29 is 0 Å². The Morgan fingerprint density at radius 1 is 1.00 bits per heavy atom. The minimum Gasteiger partial charge on any atom is -0.330 e. The zero-order valence-corrected chi connectivity index (χ0v) is 15.9. The van der Waals surface area contributed by atoms with E-state index in [0.29, 0.717) is 24.5 Å². The fourth-order valence-electron chi connectivity index (χ4n) is 3.28. The number of rotatable bonds is 6. The summed E-state index contributed by atoms with van der Waals surface area (Å²) >= 11 is 0. The van der Waals surface area contributed by atoms with Crippen LogP contribution in [0.1, 0.15) is 16.7 Å². The summed E-state index contributed by atoms with van der Waals surface area (Å²) in [5.74, 6) is 0.631. The summed E-state index contributed by atoms with van der Waals surface area (Å²) in [6.07, 6.45) is 8.02. The van der Waals surface area contributed by atoms with Crippen LogP contribution in [-0.2, 0) is 13.0 Å². The van der Waals surface area contributed by atoms with Crippen LogP contribution in [0, 0.1) is 11.3 Å². The van der Waals surface area contributed by atoms with Crippen LogP contribution in [0.5, 0.6) is 0 Å². The highest BCUT2D eigenvalue weighted by atomic mass is 15.0. The van der Waals surface area contributed by atoms with Gasteiger partial charge in [0.1, 0.15) is 0 Å². The molecule has 0 unspecified atom stereocenters. The molecule has 0 spiro atoms. The zero-order valence-electron chi connectivity index (χ0n) is 15.9. The lowest BCUT2D eigenvalue weighted by Crippen LogP contribution is -2.05. The van der Waals surface area contributed by atoms with Crippen molar-refractivity contribution in [2.75, 3.05) is 6.54 Å². The van der Waals surface area contributed by atoms with Crippen LogP contribution >= 0.6 is 0 Å². The first-order chi connectivity index (χ1) is 14.3. The van der Waals surface area contributed by atoms with E-state index in [1.54, 1.807) is 12.4 Å². The van der Waals surface area contributed by atoms with Gasteiger partial charge < -0.3 is 10.3 Å². The molecule has 0 fully saturated rings. The number of nitrogens with zero attached hydrogens (tertiary/aromatic N) is 5. The second kappa shape index (κ2) is 8.46. The highest BCUT2D eigenvalue weighted by molar-refractivity contribution is 5.63. The SMILES string of the molecule is N#Cc1ccc(-c2ncc(CCN)cn2)c(Cn2cncc2-c2ccccc2)c1. The molecule has 2 heterocycles. The number of nitrogens with two attached hydrogens (primary N) is 1. The molecule has 4 rings (SSSR count). The number of aromatic nitrogens is 4. The van der Waals surface area contributed by atoms with Gasteiger partial charge in [0.25, 0.3) is 0 Å². The molecular weight excluding hydrogens is 360 g/mol. The summed E-state index contributed by atoms with van der Waals surface area (Å²) in [4.78, 5) is 13.4. The van der Waals surface area contributed by atoms with Crippen molar-refractivity contribution in [3.8, 4) is 28.7 Å². The lowest BCUT2D eigenvalue weighted by Gasteiger charge is -2.13. The molecule has 0 aliphatic heterocycles. The van der Waals surface area contributed by atoms with Gasteiger partial charge in [-0.25, -0.2) is 15.0 Å². The van der Waals surface area contributed by atoms with Crippen molar-refractivity contribution in [2.45, 2.75) is 13.0 Å². The minimum atomic E-state index is 0.559. The van der Waals surface area contributed by atoms with Gasteiger partial charge in [-0.1, -0.05) is 30.3 Å². The Hall–Kier alpha value is -3.82. The van der Waals surface area contributed by atoms with Gasteiger partial charge in [-0.2, -0.15) is 5.26 Å². The van der Waals surface area contributed by atoms with Crippen LogP contribution < -0.4 is 5.73 Å². The minimum absolute atomic E-state index is 0.559. The average Bonchev–Trinajstić information content (AvgIpc) is 3.23. The van der Waals surface area contributed by atoms with Crippen LogP contribution in [-0.4, -0.2) is 26.1 Å². The number of hydrogen-bond acceptors (Lipinski definition) is 5. The van der Waals surface area contributed by atoms with E-state index in [9.17, 15) is 5.26 Å². The summed E-state index contributed by atoms with van der Waals surface area (Å²) in [6, 6.07) is 17.9. The van der Waals surface area contributed by atoms with E-state index in [1.807, 2.05) is 48.9 Å². The lowest BCUT2D eigenvalue weighted by atomic mass is 10.0. The van der Waals surface area contributed by atoms with Crippen LogP contribution in [0.15, 0.2) is 73.4 Å². The molecule has 2 aromatic heterocycles. The Bertz CT molecular complexity index is 1140. The normalized spacial score (nSPS) is 10.6. The summed E-state index contributed by atoms with van der Waals surface area (Å²) in [6.45, 7) is 1.12. The standard InChI is InChI=1S/C23H20N6/c24-9-8-18-12-27-23(28-13-18)21-7-6-17(11-25)10-20(21)15-29-16-26-14-22(29)19-4-2-1-3-5-19/h1-7,10,12-14,16H,8-9,15,24H2. The molecule has 6 nitrogen and oxygen atoms in total. The second-order valence-corrected chi connectivity index (χ2v) is 6.71. The Morgan fingerprint density at radius 2 is 1.79 bits per heavy atom. The maximum absolute atomic E-state index is 9.37. The first kappa shape index (κ1) is 18.5. The van der Waals surface area contributed by atoms with Gasteiger partial charge in [-0.3, -0.25) is 0 Å². The second-order valence-electron chi connectivity index (χ2n) is 6.71. The summed E-state index contributed by atoms with van der Waals surface area (Å²) in [7, 11) is 0. The van der Waals surface area contributed by atoms with Gasteiger partial charge >= 0.3 is 0 Å². The molecule has 2 N–H and O–H groups in total. The predicted octanol–water partition coefficient (Wildman–Crippen LogP) is 3.43. The van der Waals surface area contributed by atoms with Gasteiger partial charge in [-0.15, -0.1) is 0 Å². The van der Waals surface area contributed by atoms with Crippen molar-refractivity contribution in [3.63, 3.8) is 0 Å². The Kier molecular flexibility index (Phi) is 5.41. The van der Waals surface area contributed by atoms with Crippen LogP contribution in [0.4, 0.5) is 0 Å². The number of imidazole rings is 1. The zero-order chi connectivity index (χ0) is 20.1. The third kappa shape index (κ3) is 4.05. The largest absolute Gasteiger partial charge is 0.330 e. The maximum atomic E-state index is 9.37. The first-order valence-electron chi connectivity index (χ1n) is 9.38. The van der Waals surface area contributed by atoms with Crippen molar-refractivity contribution in [1.82, 2.24) is 19.5 Å². The number of hydrogen-bond donors (Lipinski definition) is 1. The van der Waals surface area contributed by atoms with E-state index in [1.165, 1.54) is 0 Å². The highest BCUT2D eigenvalue weighted by Crippen LogP contribution is 2.25. The van der Waals surface area contributed by atoms with Crippen LogP contribution in [0.3, 0.4) is 0 Å². The fraction of sp³-hybridized carbons (Fsp3) is 0.130. The molecule has 6 heteroatoms. The van der Waals surface area contributed by atoms with Gasteiger partial charge in [0.2, 0.25) is 0 Å². The third-order valence-electron chi connectivity index (χ3n) is 4.74. The smallest absolute Gasteiger partial charge is 0.159 e. The fourth-order valence-corrected chi connectivity index (χ4v) is 3.28. The van der Waals surface area contributed by atoms with Crippen LogP contribution in [0.2, 0.25) is 0 Å². The van der Waals surface area contributed by atoms with E-state index in [2.05, 4.69) is 37.7 Å². The molecule has 0 atom stereocenters. The van der Waals surface area contributed by atoms with Crippen molar-refractivity contribution in [1.29, 1.82) is 5.26 Å². The molecule has 0 saturated heterocycles. The maximum Gasteiger partial charge on any atom is 0.159 e. The first-order valence-corrected chi connectivity index (χ1v) is 9.38. The molecule has 0 aliphatic carbocycles. The summed E-state index contributed by atoms with van der Waals surface area (Å²) < 4.78 is 2.07. The summed E-state index contributed by atoms with van der Waals surface area (Å²) in [5.41, 5.74) is 11.2. The molecule has 142 valence electrons.